The molecule has 0 saturated carbocycles. The number of nitrogens with one attached hydrogen (secondary N) is 3. The van der Waals surface area contributed by atoms with Crippen molar-refractivity contribution in [2.45, 2.75) is 6.92 Å². The van der Waals surface area contributed by atoms with E-state index in [1.165, 1.54) is 13.1 Å². The number of nitrogens with zero attached hydrogens (tertiary/aromatic N) is 3. The van der Waals surface area contributed by atoms with Crippen LogP contribution in [0, 0.1) is 0 Å². The van der Waals surface area contributed by atoms with Crippen LogP contribution in [-0.4, -0.2) is 34.3 Å². The van der Waals surface area contributed by atoms with Crippen molar-refractivity contribution in [3.05, 3.63) is 48.7 Å². The number of carbonyl (C=O) groups excluding carboxylic acids is 1. The minimum Gasteiger partial charge on any atom is -0.486 e. The predicted octanol–water partition coefficient (Wildman–Crippen LogP) is 3.09. The average molecular weight is 378 g/mol. The first-order chi connectivity index (χ1) is 13.7. The standard InChI is InChI=1S/C19H18N6O3/c1-12(26)21-13-3-2-4-14(9-13)22-18-11-20-25-19(24-18)23-15-5-6-16-17(10-15)28-8-7-27-16/h2-6,9-11H,7-8H2,1H3,(H,21,26)(H2,22,23,24,25). The number of rotatable bonds is 5. The lowest BCUT2D eigenvalue weighted by Gasteiger charge is -2.19. The highest BCUT2D eigenvalue weighted by atomic mass is 16.6. The molecule has 0 fully saturated rings. The molecule has 1 amide bonds. The van der Waals surface area contributed by atoms with Gasteiger partial charge in [-0.15, -0.1) is 5.10 Å². The van der Waals surface area contributed by atoms with E-state index in [-0.39, 0.29) is 5.91 Å². The molecule has 28 heavy (non-hydrogen) atoms. The Hall–Kier alpha value is -3.88. The molecule has 0 saturated heterocycles. The Morgan fingerprint density at radius 3 is 2.61 bits per heavy atom. The Morgan fingerprint density at radius 2 is 1.75 bits per heavy atom. The van der Waals surface area contributed by atoms with Crippen molar-refractivity contribution in [1.82, 2.24) is 15.2 Å². The molecule has 0 bridgehead atoms. The lowest BCUT2D eigenvalue weighted by molar-refractivity contribution is -0.114. The second-order valence-electron chi connectivity index (χ2n) is 6.04. The molecule has 1 aliphatic rings. The number of hydrogen-bond acceptors (Lipinski definition) is 8. The maximum Gasteiger partial charge on any atom is 0.249 e. The quantitative estimate of drug-likeness (QED) is 0.621. The number of benzene rings is 2. The van der Waals surface area contributed by atoms with Crippen LogP contribution in [0.1, 0.15) is 6.92 Å². The highest BCUT2D eigenvalue weighted by Crippen LogP contribution is 2.33. The fourth-order valence-electron chi connectivity index (χ4n) is 2.69. The molecule has 1 aliphatic heterocycles. The van der Waals surface area contributed by atoms with E-state index in [0.29, 0.717) is 42.2 Å². The zero-order valence-electron chi connectivity index (χ0n) is 15.1. The molecular weight excluding hydrogens is 360 g/mol. The summed E-state index contributed by atoms with van der Waals surface area (Å²) < 4.78 is 11.1. The summed E-state index contributed by atoms with van der Waals surface area (Å²) in [6.07, 6.45) is 1.51. The van der Waals surface area contributed by atoms with Crippen molar-refractivity contribution in [2.24, 2.45) is 0 Å². The van der Waals surface area contributed by atoms with Crippen molar-refractivity contribution in [3.63, 3.8) is 0 Å². The Balaban J connectivity index is 1.48. The minimum absolute atomic E-state index is 0.133. The molecule has 0 radical (unpaired) electrons. The van der Waals surface area contributed by atoms with Crippen LogP contribution in [0.2, 0.25) is 0 Å². The van der Waals surface area contributed by atoms with Crippen molar-refractivity contribution in [3.8, 4) is 11.5 Å². The molecular formula is C19H18N6O3. The normalized spacial score (nSPS) is 12.2. The number of hydrogen-bond donors (Lipinski definition) is 3. The van der Waals surface area contributed by atoms with Crippen molar-refractivity contribution in [1.29, 1.82) is 0 Å². The van der Waals surface area contributed by atoms with Crippen molar-refractivity contribution in [2.75, 3.05) is 29.2 Å². The highest BCUT2D eigenvalue weighted by Gasteiger charge is 2.12. The molecule has 9 heteroatoms. The Bertz CT molecular complexity index is 1010. The molecule has 3 N–H and O–H groups in total. The summed E-state index contributed by atoms with van der Waals surface area (Å²) >= 11 is 0. The van der Waals surface area contributed by atoms with E-state index in [1.807, 2.05) is 30.3 Å². The highest BCUT2D eigenvalue weighted by molar-refractivity contribution is 5.89. The summed E-state index contributed by atoms with van der Waals surface area (Å²) in [5, 5.41) is 17.0. The lowest BCUT2D eigenvalue weighted by atomic mass is 10.2. The lowest BCUT2D eigenvalue weighted by Crippen LogP contribution is -2.15. The number of anilines is 5. The van der Waals surface area contributed by atoms with Crippen LogP contribution in [0.5, 0.6) is 11.5 Å². The SMILES string of the molecule is CC(=O)Nc1cccc(Nc2cnnc(Nc3ccc4c(c3)OCCO4)n2)c1. The van der Waals surface area contributed by atoms with Crippen molar-refractivity contribution < 1.29 is 14.3 Å². The second kappa shape index (κ2) is 7.78. The summed E-state index contributed by atoms with van der Waals surface area (Å²) in [5.74, 6) is 2.10. The third kappa shape index (κ3) is 4.26. The number of aromatic nitrogens is 3. The van der Waals surface area contributed by atoms with Gasteiger partial charge in [-0.2, -0.15) is 10.1 Å². The van der Waals surface area contributed by atoms with Crippen LogP contribution in [0.4, 0.5) is 28.8 Å². The smallest absolute Gasteiger partial charge is 0.249 e. The van der Waals surface area contributed by atoms with Crippen LogP contribution in [0.25, 0.3) is 0 Å². The van der Waals surface area contributed by atoms with Gasteiger partial charge in [0.2, 0.25) is 11.9 Å². The molecule has 1 aromatic heterocycles. The first-order valence-electron chi connectivity index (χ1n) is 8.67. The molecule has 4 rings (SSSR count). The molecule has 0 aliphatic carbocycles. The fourth-order valence-corrected chi connectivity index (χ4v) is 2.69. The summed E-state index contributed by atoms with van der Waals surface area (Å²) in [5.41, 5.74) is 2.21. The summed E-state index contributed by atoms with van der Waals surface area (Å²) in [4.78, 5) is 15.6. The minimum atomic E-state index is -0.133. The van der Waals surface area contributed by atoms with Crippen LogP contribution in [-0.2, 0) is 4.79 Å². The number of carbonyl (C=O) groups is 1. The fraction of sp³-hybridized carbons (Fsp3) is 0.158. The number of fused-ring (bicyclic) bond motifs is 1. The van der Waals surface area contributed by atoms with Gasteiger partial charge in [-0.1, -0.05) is 6.07 Å². The topological polar surface area (TPSA) is 110 Å². The number of ether oxygens (including phenoxy) is 2. The van der Waals surface area contributed by atoms with E-state index in [2.05, 4.69) is 31.1 Å². The zero-order chi connectivity index (χ0) is 19.3. The van der Waals surface area contributed by atoms with E-state index >= 15 is 0 Å². The maximum atomic E-state index is 11.2. The van der Waals surface area contributed by atoms with E-state index in [1.54, 1.807) is 12.1 Å². The third-order valence-electron chi connectivity index (χ3n) is 3.81. The average Bonchev–Trinajstić information content (AvgIpc) is 2.68. The molecule has 9 nitrogen and oxygen atoms in total. The van der Waals surface area contributed by atoms with Crippen molar-refractivity contribution >= 4 is 34.7 Å². The summed E-state index contributed by atoms with van der Waals surface area (Å²) in [6.45, 7) is 2.53. The van der Waals surface area contributed by atoms with Gasteiger partial charge in [0.05, 0.1) is 6.20 Å². The maximum absolute atomic E-state index is 11.2. The van der Waals surface area contributed by atoms with Gasteiger partial charge < -0.3 is 25.4 Å². The molecule has 2 aromatic carbocycles. The van der Waals surface area contributed by atoms with Gasteiger partial charge in [0.15, 0.2) is 17.3 Å². The first-order valence-corrected chi connectivity index (χ1v) is 8.67. The first kappa shape index (κ1) is 17.5. The van der Waals surface area contributed by atoms with E-state index in [4.69, 9.17) is 9.47 Å². The Morgan fingerprint density at radius 1 is 0.964 bits per heavy atom. The summed E-state index contributed by atoms with van der Waals surface area (Å²) in [7, 11) is 0. The molecule has 0 atom stereocenters. The van der Waals surface area contributed by atoms with Gasteiger partial charge in [-0.05, 0) is 30.3 Å². The van der Waals surface area contributed by atoms with E-state index in [0.717, 1.165) is 11.4 Å². The predicted molar refractivity (Wildman–Crippen MR) is 105 cm³/mol. The number of amides is 1. The van der Waals surface area contributed by atoms with Gasteiger partial charge in [0.1, 0.15) is 13.2 Å². The molecule has 3 aromatic rings. The Labute approximate surface area is 161 Å². The molecule has 142 valence electrons. The second-order valence-corrected chi connectivity index (χ2v) is 6.04. The van der Waals surface area contributed by atoms with E-state index in [9.17, 15) is 4.79 Å². The van der Waals surface area contributed by atoms with Gasteiger partial charge in [0, 0.05) is 30.1 Å². The third-order valence-corrected chi connectivity index (χ3v) is 3.81. The van der Waals surface area contributed by atoms with Gasteiger partial charge in [0.25, 0.3) is 0 Å². The van der Waals surface area contributed by atoms with E-state index < -0.39 is 0 Å². The van der Waals surface area contributed by atoms with Gasteiger partial charge in [-0.3, -0.25) is 4.79 Å². The molecule has 0 spiro atoms. The monoisotopic (exact) mass is 378 g/mol. The Kier molecular flexibility index (Phi) is 4.87. The van der Waals surface area contributed by atoms with Crippen LogP contribution >= 0.6 is 0 Å². The van der Waals surface area contributed by atoms with Crippen LogP contribution in [0.3, 0.4) is 0 Å². The van der Waals surface area contributed by atoms with Gasteiger partial charge >= 0.3 is 0 Å². The zero-order valence-corrected chi connectivity index (χ0v) is 15.1. The summed E-state index contributed by atoms with van der Waals surface area (Å²) in [6, 6.07) is 12.8. The van der Waals surface area contributed by atoms with Crippen LogP contribution < -0.4 is 25.4 Å². The molecule has 2 heterocycles. The van der Waals surface area contributed by atoms with Gasteiger partial charge in [-0.25, -0.2) is 0 Å². The van der Waals surface area contributed by atoms with Crippen LogP contribution in [0.15, 0.2) is 48.7 Å². The molecule has 0 unspecified atom stereocenters. The largest absolute Gasteiger partial charge is 0.486 e.